The minimum atomic E-state index is 0.112. The number of carbonyl (C=O) groups excluding carboxylic acids is 1. The number of amides is 1. The van der Waals surface area contributed by atoms with Crippen molar-refractivity contribution in [3.63, 3.8) is 0 Å². The fraction of sp³-hybridized carbons (Fsp3) is 0.391. The zero-order valence-corrected chi connectivity index (χ0v) is 17.9. The van der Waals surface area contributed by atoms with Gasteiger partial charge in [-0.3, -0.25) is 4.79 Å². The fourth-order valence-electron chi connectivity index (χ4n) is 3.56. The van der Waals surface area contributed by atoms with E-state index < -0.39 is 0 Å². The molecule has 6 heteroatoms. The number of nitrogens with one attached hydrogen (secondary N) is 2. The lowest BCUT2D eigenvalue weighted by Gasteiger charge is -2.26. The first-order valence-corrected chi connectivity index (χ1v) is 10.6. The molecule has 1 fully saturated rings. The van der Waals surface area contributed by atoms with Gasteiger partial charge in [-0.25, -0.2) is 0 Å². The number of ether oxygens (including phenoxy) is 1. The smallest absolute Gasteiger partial charge is 0.253 e. The van der Waals surface area contributed by atoms with Crippen LogP contribution in [-0.2, 0) is 0 Å². The summed E-state index contributed by atoms with van der Waals surface area (Å²) in [7, 11) is 1.66. The zero-order valence-electron chi connectivity index (χ0n) is 17.1. The summed E-state index contributed by atoms with van der Waals surface area (Å²) >= 11 is 5.49. The number of hydrogen-bond acceptors (Lipinski definition) is 3. The molecular formula is C23H29N3O2S. The van der Waals surface area contributed by atoms with Crippen LogP contribution >= 0.6 is 12.2 Å². The number of methoxy groups -OCH3 is 1. The number of hydrogen-bond donors (Lipinski definition) is 2. The summed E-state index contributed by atoms with van der Waals surface area (Å²) in [5, 5.41) is 7.14. The second-order valence-electron chi connectivity index (χ2n) is 7.26. The van der Waals surface area contributed by atoms with E-state index in [9.17, 15) is 4.79 Å². The topological polar surface area (TPSA) is 53.6 Å². The Morgan fingerprint density at radius 1 is 1.07 bits per heavy atom. The number of likely N-dealkylation sites (tertiary alicyclic amines) is 1. The molecule has 1 heterocycles. The maximum Gasteiger partial charge on any atom is 0.253 e. The molecular weight excluding hydrogens is 382 g/mol. The lowest BCUT2D eigenvalue weighted by Crippen LogP contribution is -2.35. The number of thiocarbonyl (C=S) groups is 1. The highest BCUT2D eigenvalue weighted by Crippen LogP contribution is 2.21. The highest BCUT2D eigenvalue weighted by molar-refractivity contribution is 7.80. The van der Waals surface area contributed by atoms with Crippen molar-refractivity contribution in [2.45, 2.75) is 38.6 Å². The summed E-state index contributed by atoms with van der Waals surface area (Å²) in [5.74, 6) is 0.950. The van der Waals surface area contributed by atoms with Crippen LogP contribution in [-0.4, -0.2) is 36.1 Å². The van der Waals surface area contributed by atoms with Gasteiger partial charge in [0.1, 0.15) is 5.75 Å². The van der Waals surface area contributed by atoms with E-state index in [4.69, 9.17) is 17.0 Å². The predicted molar refractivity (Wildman–Crippen MR) is 122 cm³/mol. The van der Waals surface area contributed by atoms with E-state index >= 15 is 0 Å². The standard InChI is InChI=1S/C23H29N3O2S/c1-3-21(17-9-13-20(28-2)14-10-17)25-23(29)24-19-11-7-18(8-12-19)22(27)26-15-5-4-6-16-26/h7-14,21H,3-6,15-16H2,1-2H3,(H2,24,25,29)/t21-/m0/s1. The number of rotatable bonds is 6. The van der Waals surface area contributed by atoms with Crippen LogP contribution in [0.25, 0.3) is 0 Å². The van der Waals surface area contributed by atoms with Gasteiger partial charge in [0.15, 0.2) is 5.11 Å². The lowest BCUT2D eigenvalue weighted by atomic mass is 10.0. The molecule has 2 aromatic rings. The van der Waals surface area contributed by atoms with Crippen molar-refractivity contribution in [3.05, 3.63) is 59.7 Å². The molecule has 0 spiro atoms. The molecule has 2 N–H and O–H groups in total. The van der Waals surface area contributed by atoms with E-state index in [0.717, 1.165) is 54.9 Å². The zero-order chi connectivity index (χ0) is 20.6. The van der Waals surface area contributed by atoms with Crippen molar-refractivity contribution < 1.29 is 9.53 Å². The maximum atomic E-state index is 12.6. The van der Waals surface area contributed by atoms with E-state index in [1.807, 2.05) is 53.4 Å². The Bertz CT molecular complexity index is 815. The average molecular weight is 412 g/mol. The van der Waals surface area contributed by atoms with E-state index in [0.29, 0.717) is 5.11 Å². The third-order valence-corrected chi connectivity index (χ3v) is 5.48. The molecule has 1 saturated heterocycles. The van der Waals surface area contributed by atoms with Gasteiger partial charge in [-0.05, 0) is 79.9 Å². The second kappa shape index (κ2) is 10.3. The molecule has 5 nitrogen and oxygen atoms in total. The molecule has 1 aliphatic heterocycles. The highest BCUT2D eigenvalue weighted by atomic mass is 32.1. The van der Waals surface area contributed by atoms with Crippen LogP contribution in [0.1, 0.15) is 54.6 Å². The summed E-state index contributed by atoms with van der Waals surface area (Å²) in [6.45, 7) is 3.83. The first-order valence-electron chi connectivity index (χ1n) is 10.2. The monoisotopic (exact) mass is 411 g/mol. The second-order valence-corrected chi connectivity index (χ2v) is 7.67. The Balaban J connectivity index is 1.57. The van der Waals surface area contributed by atoms with Crippen LogP contribution in [0.2, 0.25) is 0 Å². The minimum absolute atomic E-state index is 0.112. The van der Waals surface area contributed by atoms with Crippen molar-refractivity contribution in [2.75, 3.05) is 25.5 Å². The van der Waals surface area contributed by atoms with Gasteiger partial charge in [-0.15, -0.1) is 0 Å². The van der Waals surface area contributed by atoms with Gasteiger partial charge >= 0.3 is 0 Å². The summed E-state index contributed by atoms with van der Waals surface area (Å²) in [6, 6.07) is 15.6. The molecule has 0 aliphatic carbocycles. The molecule has 0 radical (unpaired) electrons. The molecule has 154 valence electrons. The van der Waals surface area contributed by atoms with Gasteiger partial charge in [0, 0.05) is 24.3 Å². The molecule has 1 amide bonds. The largest absolute Gasteiger partial charge is 0.497 e. The Labute approximate surface area is 178 Å². The number of piperidine rings is 1. The van der Waals surface area contributed by atoms with E-state index in [1.54, 1.807) is 7.11 Å². The van der Waals surface area contributed by atoms with Crippen molar-refractivity contribution >= 4 is 28.9 Å². The van der Waals surface area contributed by atoms with Crippen LogP contribution in [0.3, 0.4) is 0 Å². The molecule has 1 atom stereocenters. The summed E-state index contributed by atoms with van der Waals surface area (Å²) < 4.78 is 5.22. The van der Waals surface area contributed by atoms with Crippen LogP contribution < -0.4 is 15.4 Å². The van der Waals surface area contributed by atoms with Crippen LogP contribution in [0.4, 0.5) is 5.69 Å². The van der Waals surface area contributed by atoms with E-state index in [2.05, 4.69) is 17.6 Å². The number of benzene rings is 2. The SMILES string of the molecule is CC[C@H](NC(=S)Nc1ccc(C(=O)N2CCCCC2)cc1)c1ccc(OC)cc1. The molecule has 0 saturated carbocycles. The Kier molecular flexibility index (Phi) is 7.47. The Morgan fingerprint density at radius 2 is 1.72 bits per heavy atom. The molecule has 1 aliphatic rings. The minimum Gasteiger partial charge on any atom is -0.497 e. The van der Waals surface area contributed by atoms with Crippen molar-refractivity contribution in [2.24, 2.45) is 0 Å². The molecule has 0 aromatic heterocycles. The first-order chi connectivity index (χ1) is 14.1. The average Bonchev–Trinajstić information content (AvgIpc) is 2.78. The van der Waals surface area contributed by atoms with Crippen LogP contribution in [0, 0.1) is 0 Å². The van der Waals surface area contributed by atoms with Gasteiger partial charge in [0.2, 0.25) is 0 Å². The lowest BCUT2D eigenvalue weighted by molar-refractivity contribution is 0.0724. The highest BCUT2D eigenvalue weighted by Gasteiger charge is 2.18. The molecule has 2 aromatic carbocycles. The van der Waals surface area contributed by atoms with Crippen molar-refractivity contribution in [1.82, 2.24) is 10.2 Å². The van der Waals surface area contributed by atoms with Gasteiger partial charge in [-0.1, -0.05) is 19.1 Å². The summed E-state index contributed by atoms with van der Waals surface area (Å²) in [4.78, 5) is 14.5. The van der Waals surface area contributed by atoms with Gasteiger partial charge in [0.25, 0.3) is 5.91 Å². The normalized spacial score (nSPS) is 14.8. The van der Waals surface area contributed by atoms with Crippen molar-refractivity contribution in [1.29, 1.82) is 0 Å². The summed E-state index contributed by atoms with van der Waals surface area (Å²) in [5.41, 5.74) is 2.74. The van der Waals surface area contributed by atoms with E-state index in [1.165, 1.54) is 6.42 Å². The van der Waals surface area contributed by atoms with Crippen LogP contribution in [0.5, 0.6) is 5.75 Å². The molecule has 3 rings (SSSR count). The number of carbonyl (C=O) groups is 1. The van der Waals surface area contributed by atoms with Crippen molar-refractivity contribution in [3.8, 4) is 5.75 Å². The van der Waals surface area contributed by atoms with Crippen LogP contribution in [0.15, 0.2) is 48.5 Å². The third-order valence-electron chi connectivity index (χ3n) is 5.26. The third kappa shape index (κ3) is 5.70. The molecule has 29 heavy (non-hydrogen) atoms. The fourth-order valence-corrected chi connectivity index (χ4v) is 3.82. The Morgan fingerprint density at radius 3 is 2.31 bits per heavy atom. The quantitative estimate of drug-likeness (QED) is 0.671. The number of nitrogens with zero attached hydrogens (tertiary/aromatic N) is 1. The summed E-state index contributed by atoms with van der Waals surface area (Å²) in [6.07, 6.45) is 4.31. The molecule has 0 unspecified atom stereocenters. The van der Waals surface area contributed by atoms with Gasteiger partial charge in [0.05, 0.1) is 13.2 Å². The van der Waals surface area contributed by atoms with Gasteiger partial charge < -0.3 is 20.3 Å². The van der Waals surface area contributed by atoms with E-state index in [-0.39, 0.29) is 11.9 Å². The predicted octanol–water partition coefficient (Wildman–Crippen LogP) is 4.76. The maximum absolute atomic E-state index is 12.6. The molecule has 0 bridgehead atoms. The number of anilines is 1. The Hall–Kier alpha value is -2.60. The first kappa shape index (κ1) is 21.1. The van der Waals surface area contributed by atoms with Gasteiger partial charge in [-0.2, -0.15) is 0 Å².